The lowest BCUT2D eigenvalue weighted by atomic mass is 10.1. The van der Waals surface area contributed by atoms with Crippen LogP contribution in [0.3, 0.4) is 0 Å². The number of rotatable bonds is 8. The summed E-state index contributed by atoms with van der Waals surface area (Å²) in [7, 11) is 1.49. The zero-order chi connectivity index (χ0) is 25.3. The predicted molar refractivity (Wildman–Crippen MR) is 131 cm³/mol. The number of nitrogens with zero attached hydrogens (tertiary/aromatic N) is 8. The minimum atomic E-state index is -1.06. The van der Waals surface area contributed by atoms with E-state index in [9.17, 15) is 14.7 Å². The lowest BCUT2D eigenvalue weighted by Gasteiger charge is -2.22. The number of hydrogen-bond acceptors (Lipinski definition) is 7. The van der Waals surface area contributed by atoms with E-state index in [4.69, 9.17) is 9.97 Å². The van der Waals surface area contributed by atoms with Crippen LogP contribution in [0.25, 0.3) is 11.5 Å². The lowest BCUT2D eigenvalue weighted by molar-refractivity contribution is 0.0996. The molecule has 0 bridgehead atoms. The molecule has 0 aromatic carbocycles. The first kappa shape index (κ1) is 24.1. The second-order valence-corrected chi connectivity index (χ2v) is 8.69. The Hall–Kier alpha value is -4.02. The third-order valence-electron chi connectivity index (χ3n) is 6.16. The zero-order valence-electron chi connectivity index (χ0n) is 20.6. The highest BCUT2D eigenvalue weighted by atomic mass is 16.4. The molecule has 0 aliphatic carbocycles. The van der Waals surface area contributed by atoms with Crippen LogP contribution in [0.5, 0.6) is 0 Å². The van der Waals surface area contributed by atoms with E-state index < -0.39 is 6.09 Å². The highest BCUT2D eigenvalue weighted by molar-refractivity contribution is 6.10. The SMILES string of the molecule is CCN(CC)c1cc2c(c(CN(C)C(=O)O)n1)CN(c1cccc(-c3nncn3C(C)C)n1)C2=O. The van der Waals surface area contributed by atoms with Crippen molar-refractivity contribution in [3.63, 3.8) is 0 Å². The Morgan fingerprint density at radius 1 is 1.20 bits per heavy atom. The molecule has 0 saturated carbocycles. The molecule has 3 aromatic heterocycles. The fraction of sp³-hybridized carbons (Fsp3) is 0.417. The number of amides is 2. The predicted octanol–water partition coefficient (Wildman–Crippen LogP) is 3.43. The van der Waals surface area contributed by atoms with Crippen LogP contribution in [0, 0.1) is 0 Å². The molecule has 11 heteroatoms. The molecule has 1 aliphatic rings. The van der Waals surface area contributed by atoms with Crippen molar-refractivity contribution in [1.29, 1.82) is 0 Å². The van der Waals surface area contributed by atoms with E-state index in [1.807, 2.05) is 49.3 Å². The van der Waals surface area contributed by atoms with Crippen LogP contribution < -0.4 is 9.80 Å². The summed E-state index contributed by atoms with van der Waals surface area (Å²) in [6, 6.07) is 7.42. The van der Waals surface area contributed by atoms with Crippen molar-refractivity contribution in [3.05, 3.63) is 47.4 Å². The van der Waals surface area contributed by atoms with E-state index in [1.54, 1.807) is 23.4 Å². The largest absolute Gasteiger partial charge is 0.465 e. The van der Waals surface area contributed by atoms with Crippen molar-refractivity contribution >= 4 is 23.6 Å². The summed E-state index contributed by atoms with van der Waals surface area (Å²) in [6.45, 7) is 9.88. The molecule has 0 spiro atoms. The maximum absolute atomic E-state index is 13.6. The van der Waals surface area contributed by atoms with Gasteiger partial charge in [0.2, 0.25) is 0 Å². The molecule has 0 radical (unpaired) electrons. The Labute approximate surface area is 204 Å². The number of aromatic nitrogens is 5. The normalized spacial score (nSPS) is 12.9. The van der Waals surface area contributed by atoms with Gasteiger partial charge in [-0.25, -0.2) is 14.8 Å². The summed E-state index contributed by atoms with van der Waals surface area (Å²) in [4.78, 5) is 39.4. The lowest BCUT2D eigenvalue weighted by Crippen LogP contribution is -2.27. The van der Waals surface area contributed by atoms with E-state index >= 15 is 0 Å². The Balaban J connectivity index is 1.74. The van der Waals surface area contributed by atoms with Crippen LogP contribution in [0.4, 0.5) is 16.4 Å². The van der Waals surface area contributed by atoms with E-state index in [-0.39, 0.29) is 25.0 Å². The van der Waals surface area contributed by atoms with Crippen molar-refractivity contribution in [2.24, 2.45) is 0 Å². The van der Waals surface area contributed by atoms with E-state index in [0.717, 1.165) is 5.56 Å². The highest BCUT2D eigenvalue weighted by Gasteiger charge is 2.34. The highest BCUT2D eigenvalue weighted by Crippen LogP contribution is 2.33. The van der Waals surface area contributed by atoms with Gasteiger partial charge in [-0.3, -0.25) is 9.69 Å². The molecule has 1 aliphatic heterocycles. The van der Waals surface area contributed by atoms with Gasteiger partial charge in [0.15, 0.2) is 5.82 Å². The number of anilines is 2. The molecule has 184 valence electrons. The number of hydrogen-bond donors (Lipinski definition) is 1. The second-order valence-electron chi connectivity index (χ2n) is 8.69. The standard InChI is InChI=1S/C24H30N8O3/c1-6-30(7-2)21-11-16-17(19(27-21)13-29(5)24(34)35)12-31(23(16)33)20-10-8-9-18(26-20)22-28-25-14-32(22)15(3)4/h8-11,14-15H,6-7,12-13H2,1-5H3,(H,34,35). The maximum Gasteiger partial charge on any atom is 0.407 e. The summed E-state index contributed by atoms with van der Waals surface area (Å²) in [5, 5.41) is 17.6. The number of fused-ring (bicyclic) bond motifs is 1. The Morgan fingerprint density at radius 2 is 1.94 bits per heavy atom. The fourth-order valence-electron chi connectivity index (χ4n) is 4.17. The van der Waals surface area contributed by atoms with Gasteiger partial charge >= 0.3 is 6.09 Å². The van der Waals surface area contributed by atoms with E-state index in [2.05, 4.69) is 10.2 Å². The van der Waals surface area contributed by atoms with Crippen molar-refractivity contribution in [2.45, 2.75) is 46.8 Å². The average molecular weight is 479 g/mol. The fourth-order valence-corrected chi connectivity index (χ4v) is 4.17. The van der Waals surface area contributed by atoms with Crippen LogP contribution >= 0.6 is 0 Å². The van der Waals surface area contributed by atoms with Gasteiger partial charge in [-0.05, 0) is 45.9 Å². The summed E-state index contributed by atoms with van der Waals surface area (Å²) in [5.74, 6) is 1.58. The topological polar surface area (TPSA) is 121 Å². The first-order valence-corrected chi connectivity index (χ1v) is 11.7. The molecular formula is C24H30N8O3. The Morgan fingerprint density at radius 3 is 2.60 bits per heavy atom. The number of carbonyl (C=O) groups excluding carboxylic acids is 1. The molecule has 11 nitrogen and oxygen atoms in total. The summed E-state index contributed by atoms with van der Waals surface area (Å²) in [5.41, 5.74) is 2.43. The van der Waals surface area contributed by atoms with Gasteiger partial charge in [0.25, 0.3) is 5.91 Å². The Bertz CT molecular complexity index is 1250. The van der Waals surface area contributed by atoms with Gasteiger partial charge in [0.1, 0.15) is 23.7 Å². The molecule has 3 aromatic rings. The number of pyridine rings is 2. The van der Waals surface area contributed by atoms with Crippen molar-refractivity contribution in [1.82, 2.24) is 29.6 Å². The van der Waals surface area contributed by atoms with Crippen molar-refractivity contribution in [3.8, 4) is 11.5 Å². The minimum Gasteiger partial charge on any atom is -0.465 e. The van der Waals surface area contributed by atoms with Crippen LogP contribution in [0.2, 0.25) is 0 Å². The zero-order valence-corrected chi connectivity index (χ0v) is 20.6. The first-order chi connectivity index (χ1) is 16.7. The molecule has 35 heavy (non-hydrogen) atoms. The summed E-state index contributed by atoms with van der Waals surface area (Å²) >= 11 is 0. The molecule has 0 fully saturated rings. The maximum atomic E-state index is 13.6. The van der Waals surface area contributed by atoms with Crippen LogP contribution in [0.15, 0.2) is 30.6 Å². The second kappa shape index (κ2) is 9.69. The first-order valence-electron chi connectivity index (χ1n) is 11.7. The average Bonchev–Trinajstić information content (AvgIpc) is 3.46. The van der Waals surface area contributed by atoms with Gasteiger partial charge < -0.3 is 19.5 Å². The van der Waals surface area contributed by atoms with Gasteiger partial charge in [-0.15, -0.1) is 10.2 Å². The minimum absolute atomic E-state index is 0.0822. The molecule has 0 atom stereocenters. The molecule has 1 N–H and O–H groups in total. The van der Waals surface area contributed by atoms with E-state index in [0.29, 0.717) is 47.5 Å². The van der Waals surface area contributed by atoms with Crippen molar-refractivity contribution in [2.75, 3.05) is 29.9 Å². The molecular weight excluding hydrogens is 448 g/mol. The summed E-state index contributed by atoms with van der Waals surface area (Å²) in [6.07, 6.45) is 0.607. The molecule has 4 rings (SSSR count). The number of carboxylic acid groups (broad SMARTS) is 1. The van der Waals surface area contributed by atoms with Crippen LogP contribution in [-0.2, 0) is 13.1 Å². The molecule has 4 heterocycles. The molecule has 2 amide bonds. The Kier molecular flexibility index (Phi) is 6.68. The molecule has 0 unspecified atom stereocenters. The van der Waals surface area contributed by atoms with Gasteiger partial charge in [-0.2, -0.15) is 0 Å². The quantitative estimate of drug-likeness (QED) is 0.523. The monoisotopic (exact) mass is 478 g/mol. The van der Waals surface area contributed by atoms with Crippen LogP contribution in [0.1, 0.15) is 55.4 Å². The summed E-state index contributed by atoms with van der Waals surface area (Å²) < 4.78 is 1.92. The van der Waals surface area contributed by atoms with Crippen molar-refractivity contribution < 1.29 is 14.7 Å². The smallest absolute Gasteiger partial charge is 0.407 e. The van der Waals surface area contributed by atoms with E-state index in [1.165, 1.54) is 11.9 Å². The van der Waals surface area contributed by atoms with Crippen LogP contribution in [-0.4, -0.2) is 66.9 Å². The van der Waals surface area contributed by atoms with Gasteiger partial charge in [0.05, 0.1) is 24.3 Å². The third-order valence-corrected chi connectivity index (χ3v) is 6.16. The van der Waals surface area contributed by atoms with Gasteiger partial charge in [0, 0.05) is 31.7 Å². The third kappa shape index (κ3) is 4.53. The van der Waals surface area contributed by atoms with Gasteiger partial charge in [-0.1, -0.05) is 6.07 Å². The molecule has 0 saturated heterocycles. The number of carbonyl (C=O) groups is 2.